The Kier molecular flexibility index (Phi) is 5.51. The summed E-state index contributed by atoms with van der Waals surface area (Å²) in [5.74, 6) is 0. The molecule has 0 aliphatic rings. The number of thiazole rings is 1. The minimum absolute atomic E-state index is 0. The van der Waals surface area contributed by atoms with Crippen LogP contribution in [0.15, 0.2) is 30.3 Å². The first-order chi connectivity index (χ1) is 9.15. The van der Waals surface area contributed by atoms with Gasteiger partial charge in [-0.3, -0.25) is 0 Å². The van der Waals surface area contributed by atoms with Gasteiger partial charge >= 0.3 is 33.0 Å². The van der Waals surface area contributed by atoms with Gasteiger partial charge in [0.1, 0.15) is 0 Å². The van der Waals surface area contributed by atoms with Gasteiger partial charge in [-0.05, 0) is 6.92 Å². The van der Waals surface area contributed by atoms with Crippen LogP contribution in [0.25, 0.3) is 5.69 Å². The monoisotopic (exact) mass is 365 g/mol. The van der Waals surface area contributed by atoms with E-state index in [9.17, 15) is 25.2 Å². The summed E-state index contributed by atoms with van der Waals surface area (Å²) in [5.41, 5.74) is 2.60. The molecule has 128 valence electrons. The van der Waals surface area contributed by atoms with Crippen molar-refractivity contribution >= 4 is 19.1 Å². The van der Waals surface area contributed by atoms with Gasteiger partial charge in [0, 0.05) is 26.0 Å². The first-order valence-electron chi connectivity index (χ1n) is 5.75. The van der Waals surface area contributed by atoms with Crippen molar-refractivity contribution in [1.29, 1.82) is 0 Å². The average Bonchev–Trinajstić information content (AvgIpc) is 2.50. The van der Waals surface area contributed by atoms with Crippen molar-refractivity contribution in [3.8, 4) is 5.69 Å². The topological polar surface area (TPSA) is 3.88 Å². The van der Waals surface area contributed by atoms with Gasteiger partial charge in [-0.25, -0.2) is 0 Å². The summed E-state index contributed by atoms with van der Waals surface area (Å²) < 4.78 is 61.5. The van der Waals surface area contributed by atoms with Crippen LogP contribution >= 0.6 is 19.1 Å². The van der Waals surface area contributed by atoms with E-state index < -0.39 is 7.81 Å². The Hall–Kier alpha value is -1.14. The molecule has 2 aromatic rings. The molecule has 1 heterocycles. The normalized spacial score (nSPS) is 14.0. The fourth-order valence-corrected chi connectivity index (χ4v) is 2.70. The average molecular weight is 365 g/mol. The molecule has 0 spiro atoms. The van der Waals surface area contributed by atoms with Crippen LogP contribution in [-0.4, -0.2) is 0 Å². The van der Waals surface area contributed by atoms with Gasteiger partial charge in [-0.1, -0.05) is 37.0 Å². The molecule has 0 radical (unpaired) electrons. The predicted molar refractivity (Wildman–Crippen MR) is 80.4 cm³/mol. The van der Waals surface area contributed by atoms with E-state index in [1.807, 2.05) is 17.4 Å². The number of para-hydroxylation sites is 1. The molecule has 0 bridgehead atoms. The van der Waals surface area contributed by atoms with Crippen LogP contribution in [0.1, 0.15) is 23.0 Å². The molecule has 0 saturated carbocycles. The standard InChI is InChI=1S/C12H14NS.CH4.F6P/c1-9-10(2)14-11(3)13(9)12-7-5-4-6-8-12;;1-7(2,3,4,5)6/h4-8H,1-3H3;1H4;/q+1;;-1. The molecule has 0 N–H and O–H groups in total. The van der Waals surface area contributed by atoms with Crippen LogP contribution in [-0.2, 0) is 0 Å². The zero-order valence-corrected chi connectivity index (χ0v) is 13.2. The van der Waals surface area contributed by atoms with Gasteiger partial charge in [0.15, 0.2) is 5.69 Å². The van der Waals surface area contributed by atoms with Crippen molar-refractivity contribution in [2.24, 2.45) is 0 Å². The number of benzene rings is 1. The number of rotatable bonds is 1. The van der Waals surface area contributed by atoms with Crippen molar-refractivity contribution in [3.63, 3.8) is 0 Å². The van der Waals surface area contributed by atoms with Gasteiger partial charge in [-0.2, -0.15) is 4.57 Å². The maximum atomic E-state index is 9.87. The Morgan fingerprint density at radius 3 is 1.59 bits per heavy atom. The zero-order chi connectivity index (χ0) is 16.5. The molecule has 0 amide bonds. The van der Waals surface area contributed by atoms with E-state index in [0.29, 0.717) is 0 Å². The fourth-order valence-electron chi connectivity index (χ4n) is 1.69. The number of hydrogen-bond acceptors (Lipinski definition) is 1. The summed E-state index contributed by atoms with van der Waals surface area (Å²) in [7, 11) is -10.7. The van der Waals surface area contributed by atoms with E-state index in [2.05, 4.69) is 49.6 Å². The zero-order valence-electron chi connectivity index (χ0n) is 11.5. The van der Waals surface area contributed by atoms with Crippen LogP contribution in [0, 0.1) is 20.8 Å². The number of halogens is 6. The van der Waals surface area contributed by atoms with Gasteiger partial charge in [0.2, 0.25) is 10.7 Å². The molecule has 2 rings (SSSR count). The van der Waals surface area contributed by atoms with Crippen molar-refractivity contribution in [1.82, 2.24) is 0 Å². The van der Waals surface area contributed by atoms with Gasteiger partial charge in [0.25, 0.3) is 0 Å². The fraction of sp³-hybridized carbons (Fsp3) is 0.308. The first kappa shape index (κ1) is 20.9. The summed E-state index contributed by atoms with van der Waals surface area (Å²) >= 11 is 1.85. The molecule has 22 heavy (non-hydrogen) atoms. The Bertz CT molecular complexity index is 622. The van der Waals surface area contributed by atoms with Gasteiger partial charge in [0.05, 0.1) is 4.88 Å². The van der Waals surface area contributed by atoms with Crippen LogP contribution < -0.4 is 4.57 Å². The van der Waals surface area contributed by atoms with Crippen LogP contribution in [0.2, 0.25) is 0 Å². The third-order valence-corrected chi connectivity index (χ3v) is 3.55. The van der Waals surface area contributed by atoms with E-state index in [0.717, 1.165) is 0 Å². The number of nitrogens with zero attached hydrogens (tertiary/aromatic N) is 1. The van der Waals surface area contributed by atoms with Crippen molar-refractivity contribution in [3.05, 3.63) is 45.9 Å². The Morgan fingerprint density at radius 2 is 1.27 bits per heavy atom. The second-order valence-corrected chi connectivity index (χ2v) is 7.72. The molecule has 1 aromatic heterocycles. The molecule has 1 aromatic carbocycles. The number of aryl methyl sites for hydroxylation is 2. The molecular weight excluding hydrogens is 347 g/mol. The third kappa shape index (κ3) is 8.34. The van der Waals surface area contributed by atoms with E-state index in [1.165, 1.54) is 21.3 Å². The second-order valence-electron chi connectivity index (χ2n) is 4.39. The third-order valence-electron chi connectivity index (χ3n) is 2.48. The molecule has 9 heteroatoms. The van der Waals surface area contributed by atoms with Crippen molar-refractivity contribution in [2.45, 2.75) is 28.2 Å². The van der Waals surface area contributed by atoms with Crippen LogP contribution in [0.4, 0.5) is 25.2 Å². The maximum absolute atomic E-state index is 10.7. The van der Waals surface area contributed by atoms with Crippen LogP contribution in [0.3, 0.4) is 0 Å². The van der Waals surface area contributed by atoms with Gasteiger partial charge in [-0.15, -0.1) is 0 Å². The molecular formula is C13H18F6NPS. The molecule has 1 nitrogen and oxygen atoms in total. The molecule has 0 fully saturated rings. The van der Waals surface area contributed by atoms with E-state index in [4.69, 9.17) is 0 Å². The summed E-state index contributed by atoms with van der Waals surface area (Å²) in [6.07, 6.45) is 0. The van der Waals surface area contributed by atoms with Crippen molar-refractivity contribution < 1.29 is 29.7 Å². The Labute approximate surface area is 129 Å². The molecule has 0 aliphatic carbocycles. The van der Waals surface area contributed by atoms with E-state index in [-0.39, 0.29) is 7.43 Å². The Morgan fingerprint density at radius 1 is 0.864 bits per heavy atom. The predicted octanol–water partition coefficient (Wildman–Crippen LogP) is 6.97. The first-order valence-corrected chi connectivity index (χ1v) is 8.60. The SMILES string of the molecule is C.Cc1sc(C)[n+](-c2ccccc2)c1C.F[P-](F)(F)(F)(F)F. The summed E-state index contributed by atoms with van der Waals surface area (Å²) in [4.78, 5) is 1.39. The molecule has 0 unspecified atom stereocenters. The number of hydrogen-bond donors (Lipinski definition) is 0. The van der Waals surface area contributed by atoms with Crippen molar-refractivity contribution in [2.75, 3.05) is 0 Å². The Balaban J connectivity index is 0.000000478. The van der Waals surface area contributed by atoms with E-state index in [1.54, 1.807) is 0 Å². The summed E-state index contributed by atoms with van der Waals surface area (Å²) in [6, 6.07) is 10.5. The van der Waals surface area contributed by atoms with Gasteiger partial charge < -0.3 is 0 Å². The quantitative estimate of drug-likeness (QED) is 0.292. The summed E-state index contributed by atoms with van der Waals surface area (Å²) in [6.45, 7) is 6.51. The summed E-state index contributed by atoms with van der Waals surface area (Å²) in [5, 5.41) is 1.34. The molecule has 0 aliphatic heterocycles. The molecule has 0 atom stereocenters. The second kappa shape index (κ2) is 5.81. The minimum atomic E-state index is -10.7. The number of aromatic nitrogens is 1. The molecule has 0 saturated heterocycles. The van der Waals surface area contributed by atoms with Crippen LogP contribution in [0.5, 0.6) is 0 Å². The van der Waals surface area contributed by atoms with E-state index >= 15 is 0 Å².